The normalized spacial score (nSPS) is 32.0. The molecule has 1 heterocycles. The minimum atomic E-state index is -0.165. The molecule has 3 heteroatoms. The van der Waals surface area contributed by atoms with Crippen LogP contribution in [0.5, 0.6) is 0 Å². The summed E-state index contributed by atoms with van der Waals surface area (Å²) in [6.07, 6.45) is 9.87. The van der Waals surface area contributed by atoms with Crippen molar-refractivity contribution in [3.63, 3.8) is 0 Å². The summed E-state index contributed by atoms with van der Waals surface area (Å²) in [6.45, 7) is 2.23. The third kappa shape index (κ3) is 1.64. The van der Waals surface area contributed by atoms with Crippen molar-refractivity contribution < 1.29 is 0 Å². The molecule has 0 amide bonds. The van der Waals surface area contributed by atoms with E-state index in [0.29, 0.717) is 0 Å². The Morgan fingerprint density at radius 1 is 1.50 bits per heavy atom. The van der Waals surface area contributed by atoms with Gasteiger partial charge in [-0.05, 0) is 25.2 Å². The van der Waals surface area contributed by atoms with Crippen molar-refractivity contribution in [3.8, 4) is 0 Å². The zero-order valence-corrected chi connectivity index (χ0v) is 8.61. The Kier molecular flexibility index (Phi) is 2.50. The minimum Gasteiger partial charge on any atom is -0.321 e. The fourth-order valence-corrected chi connectivity index (χ4v) is 2.35. The van der Waals surface area contributed by atoms with E-state index in [-0.39, 0.29) is 5.54 Å². The number of nitrogens with zero attached hydrogens (tertiary/aromatic N) is 2. The van der Waals surface area contributed by atoms with Crippen molar-refractivity contribution in [2.45, 2.75) is 38.1 Å². The fourth-order valence-electron chi connectivity index (χ4n) is 2.35. The van der Waals surface area contributed by atoms with Crippen LogP contribution in [0.4, 0.5) is 0 Å². The third-order valence-electron chi connectivity index (χ3n) is 3.36. The fraction of sp³-hybridized carbons (Fsp3) is 0.636. The number of rotatable bonds is 2. The molecular weight excluding hydrogens is 174 g/mol. The van der Waals surface area contributed by atoms with E-state index in [1.807, 2.05) is 12.4 Å². The minimum absolute atomic E-state index is 0.165. The largest absolute Gasteiger partial charge is 0.321 e. The SMILES string of the molecule is CCC1CCC(N)(c2cncnc2)C1. The first-order chi connectivity index (χ1) is 6.74. The smallest absolute Gasteiger partial charge is 0.115 e. The van der Waals surface area contributed by atoms with Crippen molar-refractivity contribution in [2.24, 2.45) is 11.7 Å². The Morgan fingerprint density at radius 2 is 2.21 bits per heavy atom. The van der Waals surface area contributed by atoms with Gasteiger partial charge >= 0.3 is 0 Å². The van der Waals surface area contributed by atoms with Crippen LogP contribution in [0.1, 0.15) is 38.2 Å². The highest BCUT2D eigenvalue weighted by Crippen LogP contribution is 2.40. The highest BCUT2D eigenvalue weighted by Gasteiger charge is 2.36. The van der Waals surface area contributed by atoms with Crippen molar-refractivity contribution in [1.82, 2.24) is 9.97 Å². The molecule has 0 spiro atoms. The lowest BCUT2D eigenvalue weighted by atomic mass is 9.90. The maximum atomic E-state index is 6.37. The molecule has 0 saturated heterocycles. The van der Waals surface area contributed by atoms with Gasteiger partial charge in [-0.15, -0.1) is 0 Å². The summed E-state index contributed by atoms with van der Waals surface area (Å²) in [5.41, 5.74) is 7.30. The molecule has 2 N–H and O–H groups in total. The molecule has 1 saturated carbocycles. The Labute approximate surface area is 84.8 Å². The van der Waals surface area contributed by atoms with Gasteiger partial charge in [0.2, 0.25) is 0 Å². The molecule has 76 valence electrons. The van der Waals surface area contributed by atoms with E-state index >= 15 is 0 Å². The lowest BCUT2D eigenvalue weighted by Gasteiger charge is -2.23. The van der Waals surface area contributed by atoms with E-state index in [0.717, 1.165) is 24.3 Å². The maximum absolute atomic E-state index is 6.37. The Morgan fingerprint density at radius 3 is 2.79 bits per heavy atom. The van der Waals surface area contributed by atoms with Gasteiger partial charge < -0.3 is 5.73 Å². The zero-order chi connectivity index (χ0) is 10.0. The summed E-state index contributed by atoms with van der Waals surface area (Å²) in [5.74, 6) is 0.778. The van der Waals surface area contributed by atoms with Gasteiger partial charge in [0.05, 0.1) is 0 Å². The van der Waals surface area contributed by atoms with Gasteiger partial charge in [-0.1, -0.05) is 13.3 Å². The van der Waals surface area contributed by atoms with Gasteiger partial charge in [-0.3, -0.25) is 0 Å². The van der Waals surface area contributed by atoms with E-state index < -0.39 is 0 Å². The molecule has 0 aromatic carbocycles. The standard InChI is InChI=1S/C11H17N3/c1-2-9-3-4-11(12,5-9)10-6-13-8-14-7-10/h6-9H,2-5,12H2,1H3. The van der Waals surface area contributed by atoms with Crippen LogP contribution in [0.25, 0.3) is 0 Å². The van der Waals surface area contributed by atoms with Crippen LogP contribution in [0.3, 0.4) is 0 Å². The molecule has 1 fully saturated rings. The van der Waals surface area contributed by atoms with Crippen molar-refractivity contribution in [3.05, 3.63) is 24.3 Å². The highest BCUT2D eigenvalue weighted by atomic mass is 14.8. The van der Waals surface area contributed by atoms with E-state index in [2.05, 4.69) is 16.9 Å². The topological polar surface area (TPSA) is 51.8 Å². The summed E-state index contributed by atoms with van der Waals surface area (Å²) in [4.78, 5) is 8.07. The lowest BCUT2D eigenvalue weighted by Crippen LogP contribution is -2.33. The van der Waals surface area contributed by atoms with Gasteiger partial charge in [0.1, 0.15) is 6.33 Å². The molecular formula is C11H17N3. The first-order valence-electron chi connectivity index (χ1n) is 5.29. The molecule has 1 aliphatic carbocycles. The van der Waals surface area contributed by atoms with Crippen molar-refractivity contribution in [1.29, 1.82) is 0 Å². The predicted molar refractivity (Wildman–Crippen MR) is 55.5 cm³/mol. The third-order valence-corrected chi connectivity index (χ3v) is 3.36. The van der Waals surface area contributed by atoms with Crippen LogP contribution in [0.15, 0.2) is 18.7 Å². The molecule has 1 aliphatic rings. The van der Waals surface area contributed by atoms with Gasteiger partial charge in [0.15, 0.2) is 0 Å². The van der Waals surface area contributed by atoms with E-state index in [9.17, 15) is 0 Å². The summed E-state index contributed by atoms with van der Waals surface area (Å²) in [5, 5.41) is 0. The molecule has 0 bridgehead atoms. The molecule has 2 rings (SSSR count). The lowest BCUT2D eigenvalue weighted by molar-refractivity contribution is 0.422. The van der Waals surface area contributed by atoms with Crippen LogP contribution in [0, 0.1) is 5.92 Å². The molecule has 2 unspecified atom stereocenters. The van der Waals surface area contributed by atoms with Crippen LogP contribution in [-0.2, 0) is 5.54 Å². The summed E-state index contributed by atoms with van der Waals surface area (Å²) >= 11 is 0. The second-order valence-electron chi connectivity index (χ2n) is 4.30. The van der Waals surface area contributed by atoms with Gasteiger partial charge in [0, 0.05) is 23.5 Å². The molecule has 1 aromatic heterocycles. The molecule has 14 heavy (non-hydrogen) atoms. The quantitative estimate of drug-likeness (QED) is 0.776. The second-order valence-corrected chi connectivity index (χ2v) is 4.30. The number of hydrogen-bond acceptors (Lipinski definition) is 3. The van der Waals surface area contributed by atoms with Gasteiger partial charge in [-0.2, -0.15) is 0 Å². The number of aromatic nitrogens is 2. The van der Waals surface area contributed by atoms with E-state index in [4.69, 9.17) is 5.73 Å². The molecule has 1 aromatic rings. The Balaban J connectivity index is 2.19. The summed E-state index contributed by atoms with van der Waals surface area (Å²) < 4.78 is 0. The van der Waals surface area contributed by atoms with Crippen LogP contribution in [-0.4, -0.2) is 9.97 Å². The number of hydrogen-bond donors (Lipinski definition) is 1. The molecule has 0 aliphatic heterocycles. The highest BCUT2D eigenvalue weighted by molar-refractivity contribution is 5.18. The zero-order valence-electron chi connectivity index (χ0n) is 8.61. The predicted octanol–water partition coefficient (Wildman–Crippen LogP) is 1.84. The maximum Gasteiger partial charge on any atom is 0.115 e. The van der Waals surface area contributed by atoms with Crippen molar-refractivity contribution >= 4 is 0 Å². The second kappa shape index (κ2) is 3.65. The van der Waals surface area contributed by atoms with Crippen molar-refractivity contribution in [2.75, 3.05) is 0 Å². The summed E-state index contributed by atoms with van der Waals surface area (Å²) in [6, 6.07) is 0. The van der Waals surface area contributed by atoms with Gasteiger partial charge in [0.25, 0.3) is 0 Å². The van der Waals surface area contributed by atoms with Gasteiger partial charge in [-0.25, -0.2) is 9.97 Å². The average Bonchev–Trinajstić information content (AvgIpc) is 2.63. The number of nitrogens with two attached hydrogens (primary N) is 1. The molecule has 2 atom stereocenters. The Bertz CT molecular complexity index is 299. The first kappa shape index (κ1) is 9.59. The Hall–Kier alpha value is -0.960. The van der Waals surface area contributed by atoms with Crippen LogP contribution < -0.4 is 5.73 Å². The monoisotopic (exact) mass is 191 g/mol. The van der Waals surface area contributed by atoms with Crippen LogP contribution in [0.2, 0.25) is 0 Å². The van der Waals surface area contributed by atoms with Crippen LogP contribution >= 0.6 is 0 Å². The van der Waals surface area contributed by atoms with E-state index in [1.54, 1.807) is 6.33 Å². The first-order valence-corrected chi connectivity index (χ1v) is 5.29. The average molecular weight is 191 g/mol. The molecule has 3 nitrogen and oxygen atoms in total. The molecule has 0 radical (unpaired) electrons. The van der Waals surface area contributed by atoms with E-state index in [1.165, 1.54) is 12.8 Å². The summed E-state index contributed by atoms with van der Waals surface area (Å²) in [7, 11) is 0.